The highest BCUT2D eigenvalue weighted by atomic mass is 32.2. The Bertz CT molecular complexity index is 522. The van der Waals surface area contributed by atoms with Crippen LogP contribution in [-0.2, 0) is 6.54 Å². The quantitative estimate of drug-likeness (QED) is 0.491. The molecule has 1 aliphatic heterocycles. The fourth-order valence-corrected chi connectivity index (χ4v) is 4.08. The van der Waals surface area contributed by atoms with E-state index in [4.69, 9.17) is 4.52 Å². The first-order chi connectivity index (χ1) is 11.6. The van der Waals surface area contributed by atoms with Crippen LogP contribution < -0.4 is 10.6 Å². The van der Waals surface area contributed by atoms with Crippen LogP contribution in [0.2, 0.25) is 0 Å². The van der Waals surface area contributed by atoms with Crippen LogP contribution in [0.1, 0.15) is 57.4 Å². The van der Waals surface area contributed by atoms with Crippen molar-refractivity contribution in [2.45, 2.75) is 58.1 Å². The number of rotatable bonds is 8. The van der Waals surface area contributed by atoms with Crippen LogP contribution in [0.15, 0.2) is 15.6 Å². The molecule has 2 rings (SSSR count). The summed E-state index contributed by atoms with van der Waals surface area (Å²) in [6.07, 6.45) is 2.95. The molecule has 0 amide bonds. The van der Waals surface area contributed by atoms with Gasteiger partial charge in [-0.3, -0.25) is 0 Å². The van der Waals surface area contributed by atoms with Crippen molar-refractivity contribution in [1.82, 2.24) is 15.8 Å². The normalized spacial score (nSPS) is 21.5. The molecule has 0 spiro atoms. The van der Waals surface area contributed by atoms with E-state index < -0.39 is 5.60 Å². The molecule has 1 aromatic heterocycles. The number of hydrogen-bond acceptors (Lipinski definition) is 5. The predicted molar refractivity (Wildman–Crippen MR) is 99.5 cm³/mol. The molecule has 6 nitrogen and oxygen atoms in total. The molecule has 0 aliphatic carbocycles. The van der Waals surface area contributed by atoms with Gasteiger partial charge in [0.2, 0.25) is 0 Å². The van der Waals surface area contributed by atoms with Crippen LogP contribution in [0.4, 0.5) is 0 Å². The molecule has 136 valence electrons. The third-order valence-corrected chi connectivity index (χ3v) is 5.62. The van der Waals surface area contributed by atoms with Gasteiger partial charge in [-0.2, -0.15) is 11.8 Å². The Morgan fingerprint density at radius 3 is 2.83 bits per heavy atom. The third-order valence-electron chi connectivity index (χ3n) is 4.39. The van der Waals surface area contributed by atoms with Gasteiger partial charge in [-0.05, 0) is 31.9 Å². The van der Waals surface area contributed by atoms with Crippen molar-refractivity contribution >= 4 is 17.7 Å². The molecule has 1 saturated heterocycles. The van der Waals surface area contributed by atoms with E-state index in [2.05, 4.69) is 34.6 Å². The molecular formula is C17H30N4O2S. The van der Waals surface area contributed by atoms with Gasteiger partial charge in [-0.25, -0.2) is 4.99 Å². The predicted octanol–water partition coefficient (Wildman–Crippen LogP) is 2.50. The molecule has 1 fully saturated rings. The Kier molecular flexibility index (Phi) is 7.42. The summed E-state index contributed by atoms with van der Waals surface area (Å²) in [5, 5.41) is 21.0. The zero-order valence-electron chi connectivity index (χ0n) is 15.0. The number of aliphatic hydroxyl groups is 1. The maximum absolute atomic E-state index is 10.4. The maximum Gasteiger partial charge on any atom is 0.191 e. The van der Waals surface area contributed by atoms with Crippen molar-refractivity contribution < 1.29 is 9.63 Å². The number of aliphatic imine (C=N–C) groups is 1. The lowest BCUT2D eigenvalue weighted by atomic mass is 9.99. The van der Waals surface area contributed by atoms with E-state index in [9.17, 15) is 5.11 Å². The lowest BCUT2D eigenvalue weighted by molar-refractivity contribution is 0.0724. The fourth-order valence-electron chi connectivity index (χ4n) is 2.79. The van der Waals surface area contributed by atoms with Crippen molar-refractivity contribution in [3.63, 3.8) is 0 Å². The van der Waals surface area contributed by atoms with E-state index in [1.807, 2.05) is 13.0 Å². The Balaban J connectivity index is 1.92. The second-order valence-electron chi connectivity index (χ2n) is 6.31. The highest BCUT2D eigenvalue weighted by Gasteiger charge is 2.31. The van der Waals surface area contributed by atoms with Gasteiger partial charge in [0.15, 0.2) is 11.7 Å². The lowest BCUT2D eigenvalue weighted by Crippen LogP contribution is -2.47. The molecule has 0 saturated carbocycles. The monoisotopic (exact) mass is 354 g/mol. The number of hydrogen-bond donors (Lipinski definition) is 3. The van der Waals surface area contributed by atoms with Crippen molar-refractivity contribution in [2.24, 2.45) is 4.99 Å². The summed E-state index contributed by atoms with van der Waals surface area (Å²) in [4.78, 5) is 4.54. The van der Waals surface area contributed by atoms with Crippen LogP contribution >= 0.6 is 11.8 Å². The molecule has 0 bridgehead atoms. The Hall–Kier alpha value is -1.21. The van der Waals surface area contributed by atoms with E-state index in [0.29, 0.717) is 25.0 Å². The van der Waals surface area contributed by atoms with Gasteiger partial charge in [0, 0.05) is 30.8 Å². The van der Waals surface area contributed by atoms with Crippen molar-refractivity contribution in [3.05, 3.63) is 17.5 Å². The smallest absolute Gasteiger partial charge is 0.191 e. The highest BCUT2D eigenvalue weighted by molar-refractivity contribution is 7.99. The molecule has 2 heterocycles. The Labute approximate surface area is 148 Å². The average molecular weight is 355 g/mol. The number of thioether (sulfide) groups is 1. The van der Waals surface area contributed by atoms with Gasteiger partial charge in [0.1, 0.15) is 6.54 Å². The van der Waals surface area contributed by atoms with Crippen LogP contribution in [0.25, 0.3) is 0 Å². The first kappa shape index (κ1) is 19.1. The molecule has 1 atom stereocenters. The molecule has 24 heavy (non-hydrogen) atoms. The molecule has 1 aliphatic rings. The van der Waals surface area contributed by atoms with Gasteiger partial charge in [0.05, 0.1) is 11.3 Å². The summed E-state index contributed by atoms with van der Waals surface area (Å²) < 4.78 is 5.41. The molecule has 1 unspecified atom stereocenters. The molecule has 3 N–H and O–H groups in total. The second kappa shape index (κ2) is 9.32. The van der Waals surface area contributed by atoms with Gasteiger partial charge in [-0.15, -0.1) is 0 Å². The van der Waals surface area contributed by atoms with E-state index in [-0.39, 0.29) is 0 Å². The molecule has 0 radical (unpaired) electrons. The number of aromatic nitrogens is 1. The zero-order valence-corrected chi connectivity index (χ0v) is 15.8. The average Bonchev–Trinajstić information content (AvgIpc) is 3.21. The van der Waals surface area contributed by atoms with Gasteiger partial charge >= 0.3 is 0 Å². The molecule has 7 heteroatoms. The van der Waals surface area contributed by atoms with Gasteiger partial charge < -0.3 is 20.3 Å². The van der Waals surface area contributed by atoms with Gasteiger partial charge in [-0.1, -0.05) is 19.0 Å². The van der Waals surface area contributed by atoms with Crippen LogP contribution in [-0.4, -0.2) is 46.4 Å². The minimum atomic E-state index is -0.629. The van der Waals surface area contributed by atoms with E-state index >= 15 is 0 Å². The number of guanidine groups is 1. The minimum Gasteiger partial charge on any atom is -0.387 e. The molecular weight excluding hydrogens is 324 g/mol. The highest BCUT2D eigenvalue weighted by Crippen LogP contribution is 2.27. The third kappa shape index (κ3) is 5.41. The number of nitrogens with zero attached hydrogens (tertiary/aromatic N) is 2. The summed E-state index contributed by atoms with van der Waals surface area (Å²) in [6, 6.07) is 2.01. The Morgan fingerprint density at radius 2 is 2.21 bits per heavy atom. The van der Waals surface area contributed by atoms with Crippen molar-refractivity contribution in [1.29, 1.82) is 0 Å². The number of nitrogens with one attached hydrogen (secondary N) is 2. The van der Waals surface area contributed by atoms with Crippen LogP contribution in [0.5, 0.6) is 0 Å². The standard InChI is InChI=1S/C17H30N4O2S/c1-4-13(5-2)15-9-14(23-21-15)10-19-16(18-6-3)20-11-17(22)7-8-24-12-17/h9,13,22H,4-8,10-12H2,1-3H3,(H2,18,19,20). The van der Waals surface area contributed by atoms with Crippen molar-refractivity contribution in [3.8, 4) is 0 Å². The minimum absolute atomic E-state index is 0.440. The van der Waals surface area contributed by atoms with Crippen LogP contribution in [0, 0.1) is 0 Å². The fraction of sp³-hybridized carbons (Fsp3) is 0.765. The summed E-state index contributed by atoms with van der Waals surface area (Å²) in [6.45, 7) is 8.09. The summed E-state index contributed by atoms with van der Waals surface area (Å²) in [5.74, 6) is 3.71. The van der Waals surface area contributed by atoms with E-state index in [1.54, 1.807) is 11.8 Å². The SMILES string of the molecule is CCNC(=NCc1cc(C(CC)CC)no1)NCC1(O)CCSC1. The topological polar surface area (TPSA) is 82.7 Å². The van der Waals surface area contributed by atoms with Gasteiger partial charge in [0.25, 0.3) is 0 Å². The first-order valence-corrected chi connectivity index (χ1v) is 10.0. The summed E-state index contributed by atoms with van der Waals surface area (Å²) >= 11 is 1.79. The summed E-state index contributed by atoms with van der Waals surface area (Å²) in [5.41, 5.74) is 0.385. The zero-order chi connectivity index (χ0) is 17.4. The van der Waals surface area contributed by atoms with Crippen LogP contribution in [0.3, 0.4) is 0 Å². The largest absolute Gasteiger partial charge is 0.387 e. The maximum atomic E-state index is 10.4. The summed E-state index contributed by atoms with van der Waals surface area (Å²) in [7, 11) is 0. The molecule has 0 aromatic carbocycles. The lowest BCUT2D eigenvalue weighted by Gasteiger charge is -2.23. The Morgan fingerprint density at radius 1 is 1.42 bits per heavy atom. The molecule has 1 aromatic rings. The van der Waals surface area contributed by atoms with E-state index in [1.165, 1.54) is 0 Å². The van der Waals surface area contributed by atoms with E-state index in [0.717, 1.165) is 48.8 Å². The second-order valence-corrected chi connectivity index (χ2v) is 7.41. The van der Waals surface area contributed by atoms with Crippen molar-refractivity contribution in [2.75, 3.05) is 24.6 Å². The first-order valence-electron chi connectivity index (χ1n) is 8.88.